The minimum atomic E-state index is -0.173. The smallest absolute Gasteiger partial charge is 0.223 e. The van der Waals surface area contributed by atoms with Crippen LogP contribution in [0.5, 0.6) is 0 Å². The van der Waals surface area contributed by atoms with Crippen molar-refractivity contribution in [2.24, 2.45) is 27.2 Å². The van der Waals surface area contributed by atoms with Crippen molar-refractivity contribution < 1.29 is 4.79 Å². The predicted molar refractivity (Wildman–Crippen MR) is 83.4 cm³/mol. The zero-order valence-electron chi connectivity index (χ0n) is 11.2. The number of hydrogen-bond acceptors (Lipinski definition) is 2. The van der Waals surface area contributed by atoms with Gasteiger partial charge in [0.25, 0.3) is 0 Å². The average Bonchev–Trinajstić information content (AvgIpc) is 2.46. The van der Waals surface area contributed by atoms with Crippen LogP contribution in [-0.4, -0.2) is 17.7 Å². The molecule has 0 aliphatic carbocycles. The monoisotopic (exact) mass is 281 g/mol. The molecule has 2 aromatic rings. The predicted octanol–water partition coefficient (Wildman–Crippen LogP) is 1.14. The second-order valence-electron chi connectivity index (χ2n) is 4.25. The van der Waals surface area contributed by atoms with Crippen molar-refractivity contribution >= 4 is 23.4 Å². The Balaban J connectivity index is 2.30. The van der Waals surface area contributed by atoms with E-state index in [-0.39, 0.29) is 17.7 Å². The topological polar surface area (TPSA) is 120 Å². The molecule has 0 heterocycles. The molecule has 0 amide bonds. The SMILES string of the molecule is NC(N)=NC(N)=Nc1cccc(C(=O)c2ccccc2)c1. The number of ketones is 1. The molecule has 2 aromatic carbocycles. The summed E-state index contributed by atoms with van der Waals surface area (Å²) in [6.07, 6.45) is 0. The third-order valence-corrected chi connectivity index (χ3v) is 2.63. The minimum Gasteiger partial charge on any atom is -0.370 e. The number of carbonyl (C=O) groups excluding carboxylic acids is 1. The lowest BCUT2D eigenvalue weighted by molar-refractivity contribution is 0.103. The molecule has 21 heavy (non-hydrogen) atoms. The highest BCUT2D eigenvalue weighted by atomic mass is 16.1. The highest BCUT2D eigenvalue weighted by Gasteiger charge is 2.08. The van der Waals surface area contributed by atoms with E-state index in [1.165, 1.54) is 0 Å². The fourth-order valence-electron chi connectivity index (χ4n) is 1.76. The fraction of sp³-hybridized carbons (Fsp3) is 0. The Hall–Kier alpha value is -3.15. The Kier molecular flexibility index (Phi) is 4.30. The van der Waals surface area contributed by atoms with Gasteiger partial charge in [-0.25, -0.2) is 4.99 Å². The first-order valence-electron chi connectivity index (χ1n) is 6.20. The third kappa shape index (κ3) is 3.90. The molecule has 0 bridgehead atoms. The first kappa shape index (κ1) is 14.3. The van der Waals surface area contributed by atoms with E-state index in [1.54, 1.807) is 36.4 Å². The summed E-state index contributed by atoms with van der Waals surface area (Å²) in [5, 5.41) is 0. The molecular weight excluding hydrogens is 266 g/mol. The van der Waals surface area contributed by atoms with E-state index in [2.05, 4.69) is 9.98 Å². The van der Waals surface area contributed by atoms with Gasteiger partial charge < -0.3 is 17.2 Å². The van der Waals surface area contributed by atoms with E-state index >= 15 is 0 Å². The normalized spacial score (nSPS) is 11.0. The number of guanidine groups is 2. The Morgan fingerprint density at radius 3 is 2.19 bits per heavy atom. The number of nitrogens with two attached hydrogens (primary N) is 3. The van der Waals surface area contributed by atoms with Crippen LogP contribution < -0.4 is 17.2 Å². The van der Waals surface area contributed by atoms with Crippen LogP contribution in [0.4, 0.5) is 5.69 Å². The zero-order valence-corrected chi connectivity index (χ0v) is 11.2. The van der Waals surface area contributed by atoms with E-state index in [0.717, 1.165) is 0 Å². The maximum atomic E-state index is 12.3. The van der Waals surface area contributed by atoms with Crippen LogP contribution in [-0.2, 0) is 0 Å². The summed E-state index contributed by atoms with van der Waals surface area (Å²) < 4.78 is 0. The van der Waals surface area contributed by atoms with Crippen LogP contribution >= 0.6 is 0 Å². The molecule has 0 saturated carbocycles. The Morgan fingerprint density at radius 2 is 1.52 bits per heavy atom. The molecule has 6 N–H and O–H groups in total. The number of benzene rings is 2. The highest BCUT2D eigenvalue weighted by molar-refractivity contribution is 6.09. The van der Waals surface area contributed by atoms with Gasteiger partial charge in [0.15, 0.2) is 11.7 Å². The fourth-order valence-corrected chi connectivity index (χ4v) is 1.76. The van der Waals surface area contributed by atoms with Gasteiger partial charge in [-0.1, -0.05) is 42.5 Å². The summed E-state index contributed by atoms with van der Waals surface area (Å²) in [6, 6.07) is 15.8. The second kappa shape index (κ2) is 6.33. The number of hydrogen-bond donors (Lipinski definition) is 3. The van der Waals surface area contributed by atoms with Gasteiger partial charge in [-0.05, 0) is 12.1 Å². The molecular formula is C15H15N5O. The lowest BCUT2D eigenvalue weighted by Crippen LogP contribution is -2.26. The third-order valence-electron chi connectivity index (χ3n) is 2.63. The van der Waals surface area contributed by atoms with Gasteiger partial charge >= 0.3 is 0 Å². The number of aliphatic imine (C=N–C) groups is 2. The summed E-state index contributed by atoms with van der Waals surface area (Å²) in [4.78, 5) is 20.0. The van der Waals surface area contributed by atoms with Crippen LogP contribution in [0.3, 0.4) is 0 Å². The molecule has 0 fully saturated rings. The lowest BCUT2D eigenvalue weighted by Gasteiger charge is -2.02. The van der Waals surface area contributed by atoms with Gasteiger partial charge in [0.2, 0.25) is 5.96 Å². The molecule has 0 atom stereocenters. The Labute approximate surface area is 122 Å². The van der Waals surface area contributed by atoms with Gasteiger partial charge in [-0.3, -0.25) is 4.79 Å². The molecule has 2 rings (SSSR count). The van der Waals surface area contributed by atoms with Crippen LogP contribution in [0.25, 0.3) is 0 Å². The van der Waals surface area contributed by atoms with Crippen molar-refractivity contribution in [3.63, 3.8) is 0 Å². The molecule has 6 heteroatoms. The van der Waals surface area contributed by atoms with Crippen LogP contribution in [0.15, 0.2) is 64.6 Å². The standard InChI is InChI=1S/C15H15N5O/c16-14(17)20-15(18)19-12-8-4-7-11(9-12)13(21)10-5-2-1-3-6-10/h1-9H,(H6,16,17,18,19,20). The molecule has 0 unspecified atom stereocenters. The number of nitrogens with zero attached hydrogens (tertiary/aromatic N) is 2. The van der Waals surface area contributed by atoms with Crippen molar-refractivity contribution in [2.75, 3.05) is 0 Å². The van der Waals surface area contributed by atoms with Gasteiger partial charge in [-0.2, -0.15) is 4.99 Å². The summed E-state index contributed by atoms with van der Waals surface area (Å²) in [5.41, 5.74) is 17.6. The Bertz CT molecular complexity index is 703. The summed E-state index contributed by atoms with van der Waals surface area (Å²) in [6.45, 7) is 0. The molecule has 106 valence electrons. The average molecular weight is 281 g/mol. The van der Waals surface area contributed by atoms with E-state index < -0.39 is 0 Å². The van der Waals surface area contributed by atoms with Crippen molar-refractivity contribution in [3.8, 4) is 0 Å². The molecule has 6 nitrogen and oxygen atoms in total. The Morgan fingerprint density at radius 1 is 0.857 bits per heavy atom. The molecule has 0 aliphatic heterocycles. The first-order valence-corrected chi connectivity index (χ1v) is 6.20. The van der Waals surface area contributed by atoms with Gasteiger partial charge in [0.05, 0.1) is 5.69 Å². The lowest BCUT2D eigenvalue weighted by atomic mass is 10.0. The van der Waals surface area contributed by atoms with E-state index in [9.17, 15) is 4.79 Å². The van der Waals surface area contributed by atoms with Crippen molar-refractivity contribution in [3.05, 3.63) is 65.7 Å². The first-order chi connectivity index (χ1) is 10.1. The maximum Gasteiger partial charge on any atom is 0.223 e. The minimum absolute atomic E-state index is 0.0701. The van der Waals surface area contributed by atoms with Gasteiger partial charge in [-0.15, -0.1) is 0 Å². The highest BCUT2D eigenvalue weighted by Crippen LogP contribution is 2.17. The van der Waals surface area contributed by atoms with E-state index in [4.69, 9.17) is 17.2 Å². The van der Waals surface area contributed by atoms with Gasteiger partial charge in [0, 0.05) is 11.1 Å². The molecule has 0 radical (unpaired) electrons. The van der Waals surface area contributed by atoms with Crippen molar-refractivity contribution in [2.45, 2.75) is 0 Å². The van der Waals surface area contributed by atoms with Gasteiger partial charge in [0.1, 0.15) is 0 Å². The van der Waals surface area contributed by atoms with E-state index in [0.29, 0.717) is 16.8 Å². The van der Waals surface area contributed by atoms with Crippen LogP contribution in [0.1, 0.15) is 15.9 Å². The number of carbonyl (C=O) groups is 1. The summed E-state index contributed by atoms with van der Waals surface area (Å²) >= 11 is 0. The zero-order chi connectivity index (χ0) is 15.2. The van der Waals surface area contributed by atoms with Crippen molar-refractivity contribution in [1.29, 1.82) is 0 Å². The summed E-state index contributed by atoms with van der Waals surface area (Å²) in [7, 11) is 0. The molecule has 0 aromatic heterocycles. The second-order valence-corrected chi connectivity index (χ2v) is 4.25. The van der Waals surface area contributed by atoms with Crippen LogP contribution in [0.2, 0.25) is 0 Å². The molecule has 0 saturated heterocycles. The quantitative estimate of drug-likeness (QED) is 0.444. The molecule has 0 aliphatic rings. The molecule has 0 spiro atoms. The van der Waals surface area contributed by atoms with Crippen molar-refractivity contribution in [1.82, 2.24) is 0 Å². The number of rotatable bonds is 3. The van der Waals surface area contributed by atoms with Crippen LogP contribution in [0, 0.1) is 0 Å². The van der Waals surface area contributed by atoms with E-state index in [1.807, 2.05) is 18.2 Å². The maximum absolute atomic E-state index is 12.3. The largest absolute Gasteiger partial charge is 0.370 e. The summed E-state index contributed by atoms with van der Waals surface area (Å²) in [5.74, 6) is -0.333.